The van der Waals surface area contributed by atoms with Gasteiger partial charge in [-0.05, 0) is 70.6 Å². The molecular weight excluding hydrogens is 564 g/mol. The van der Waals surface area contributed by atoms with Gasteiger partial charge in [-0.2, -0.15) is 0 Å². The molecule has 3 aliphatic rings. The first kappa shape index (κ1) is 37.3. The van der Waals surface area contributed by atoms with Gasteiger partial charge in [-0.3, -0.25) is 19.8 Å². The number of rotatable bonds is 16. The highest BCUT2D eigenvalue weighted by atomic mass is 16.3. The van der Waals surface area contributed by atoms with Crippen LogP contribution in [0.4, 0.5) is 0 Å². The summed E-state index contributed by atoms with van der Waals surface area (Å²) in [5.41, 5.74) is 3.13. The molecule has 0 aliphatic heterocycles. The number of hydrogen-bond donors (Lipinski definition) is 3. The third kappa shape index (κ3) is 12.2. The van der Waals surface area contributed by atoms with Gasteiger partial charge >= 0.3 is 0 Å². The van der Waals surface area contributed by atoms with E-state index in [1.165, 1.54) is 25.7 Å². The Labute approximate surface area is 274 Å². The Morgan fingerprint density at radius 2 is 1.38 bits per heavy atom. The first-order valence-corrected chi connectivity index (χ1v) is 18.5. The maximum Gasteiger partial charge on any atom is 0.237 e. The Morgan fingerprint density at radius 3 is 1.98 bits per heavy atom. The van der Waals surface area contributed by atoms with Crippen LogP contribution in [0, 0.1) is 41.4 Å². The minimum absolute atomic E-state index is 0.00955. The van der Waals surface area contributed by atoms with E-state index in [-0.39, 0.29) is 47.9 Å². The number of nitrogens with one attached hydrogen (secondary N) is 2. The summed E-state index contributed by atoms with van der Waals surface area (Å²) < 4.78 is 0. The largest absolute Gasteiger partial charge is 0.390 e. The van der Waals surface area contributed by atoms with Crippen LogP contribution in [0.5, 0.6) is 0 Å². The smallest absolute Gasteiger partial charge is 0.237 e. The topological polar surface area (TPSA) is 102 Å². The number of amides is 3. The molecule has 0 radical (unpaired) electrons. The molecule has 8 nitrogen and oxygen atoms in total. The van der Waals surface area contributed by atoms with Gasteiger partial charge in [-0.1, -0.05) is 72.1 Å². The van der Waals surface area contributed by atoms with Crippen LogP contribution < -0.4 is 10.7 Å². The fraction of sp³-hybridized carbons (Fsp3) is 0.865. The van der Waals surface area contributed by atoms with Gasteiger partial charge in [0.2, 0.25) is 17.7 Å². The van der Waals surface area contributed by atoms with E-state index < -0.39 is 12.1 Å². The molecule has 0 aromatic rings. The van der Waals surface area contributed by atoms with Gasteiger partial charge in [0.05, 0.1) is 12.1 Å². The Morgan fingerprint density at radius 1 is 0.778 bits per heavy atom. The van der Waals surface area contributed by atoms with E-state index in [2.05, 4.69) is 43.4 Å². The molecular formula is C37H64N4O4. The van der Waals surface area contributed by atoms with Crippen LogP contribution >= 0.6 is 0 Å². The molecule has 0 spiro atoms. The van der Waals surface area contributed by atoms with Crippen molar-refractivity contribution in [1.82, 2.24) is 20.7 Å². The third-order valence-corrected chi connectivity index (χ3v) is 10.3. The second-order valence-electron chi connectivity index (χ2n) is 14.2. The molecule has 3 aliphatic carbocycles. The van der Waals surface area contributed by atoms with Crippen LogP contribution in [-0.2, 0) is 14.4 Å². The average molecular weight is 629 g/mol. The van der Waals surface area contributed by atoms with Crippen LogP contribution in [0.15, 0.2) is 0 Å². The van der Waals surface area contributed by atoms with E-state index >= 15 is 0 Å². The minimum atomic E-state index is -0.814. The first-order chi connectivity index (χ1) is 21.8. The number of aliphatic hydroxyl groups is 1. The van der Waals surface area contributed by atoms with E-state index in [4.69, 9.17) is 0 Å². The summed E-state index contributed by atoms with van der Waals surface area (Å²) in [6.45, 7) is 10.5. The van der Waals surface area contributed by atoms with Crippen LogP contribution in [0.3, 0.4) is 0 Å². The second kappa shape index (κ2) is 20.2. The van der Waals surface area contributed by atoms with Crippen molar-refractivity contribution in [2.75, 3.05) is 26.2 Å². The van der Waals surface area contributed by atoms with Gasteiger partial charge < -0.3 is 15.3 Å². The number of carbonyl (C=O) groups is 3. The van der Waals surface area contributed by atoms with Gasteiger partial charge in [-0.25, -0.2) is 5.01 Å². The van der Waals surface area contributed by atoms with Crippen molar-refractivity contribution < 1.29 is 19.5 Å². The predicted molar refractivity (Wildman–Crippen MR) is 181 cm³/mol. The molecule has 0 aromatic carbocycles. The Balaban J connectivity index is 1.73. The summed E-state index contributed by atoms with van der Waals surface area (Å²) in [7, 11) is 0. The first-order valence-electron chi connectivity index (χ1n) is 18.5. The number of hydrazine groups is 1. The van der Waals surface area contributed by atoms with Crippen LogP contribution in [0.25, 0.3) is 0 Å². The molecule has 45 heavy (non-hydrogen) atoms. The molecule has 0 saturated heterocycles. The molecule has 3 rings (SSSR count). The van der Waals surface area contributed by atoms with Crippen molar-refractivity contribution in [2.45, 2.75) is 149 Å². The second-order valence-corrected chi connectivity index (χ2v) is 14.2. The maximum atomic E-state index is 14.0. The van der Waals surface area contributed by atoms with Crippen molar-refractivity contribution in [3.63, 3.8) is 0 Å². The highest BCUT2D eigenvalue weighted by Crippen LogP contribution is 2.35. The molecule has 5 atom stereocenters. The molecule has 8 heteroatoms. The Kier molecular flexibility index (Phi) is 16.8. The van der Waals surface area contributed by atoms with Crippen molar-refractivity contribution in [2.24, 2.45) is 29.6 Å². The number of aliphatic hydroxyl groups excluding tert-OH is 1. The number of carbonyl (C=O) groups excluding carboxylic acids is 3. The van der Waals surface area contributed by atoms with E-state index in [0.29, 0.717) is 31.7 Å². The zero-order valence-corrected chi connectivity index (χ0v) is 29.0. The summed E-state index contributed by atoms with van der Waals surface area (Å²) in [6, 6.07) is -0.407. The van der Waals surface area contributed by atoms with Crippen LogP contribution in [-0.4, -0.2) is 71.1 Å². The summed E-state index contributed by atoms with van der Waals surface area (Å²) in [6.07, 6.45) is 15.6. The lowest BCUT2D eigenvalue weighted by Crippen LogP contribution is -2.55. The normalized spacial score (nSPS) is 24.3. The highest BCUT2D eigenvalue weighted by Gasteiger charge is 2.39. The molecule has 256 valence electrons. The summed E-state index contributed by atoms with van der Waals surface area (Å²) in [5.74, 6) is 6.45. The third-order valence-electron chi connectivity index (χ3n) is 10.3. The van der Waals surface area contributed by atoms with Gasteiger partial charge in [0, 0.05) is 49.9 Å². The van der Waals surface area contributed by atoms with E-state index in [0.717, 1.165) is 77.3 Å². The highest BCUT2D eigenvalue weighted by molar-refractivity contribution is 5.83. The summed E-state index contributed by atoms with van der Waals surface area (Å²) >= 11 is 0. The van der Waals surface area contributed by atoms with Gasteiger partial charge in [0.15, 0.2) is 0 Å². The molecule has 3 fully saturated rings. The number of nitrogens with zero attached hydrogens (tertiary/aromatic N) is 2. The minimum Gasteiger partial charge on any atom is -0.390 e. The van der Waals surface area contributed by atoms with Crippen molar-refractivity contribution in [1.29, 1.82) is 0 Å². The van der Waals surface area contributed by atoms with Gasteiger partial charge in [0.1, 0.15) is 0 Å². The Bertz CT molecular complexity index is 959. The zero-order valence-electron chi connectivity index (χ0n) is 29.0. The van der Waals surface area contributed by atoms with Crippen LogP contribution in [0.2, 0.25) is 0 Å². The van der Waals surface area contributed by atoms with Gasteiger partial charge in [-0.15, -0.1) is 11.8 Å². The average Bonchev–Trinajstić information content (AvgIpc) is 3.05. The standard InChI is InChI=1S/C37H64N4O4/c1-5-15-29-23-31(26-32(24-29)37(45)40(20-6-2)21-7-3)35(43)38-33(25-28-16-11-9-12-17-28)34(42)27-41(22-8-4)39-36(44)30-18-13-10-14-19-30/h28-34,42H,6-14,16-27H2,1-4H3,(H,38,43)(H,39,44). The molecule has 5 unspecified atom stereocenters. The monoisotopic (exact) mass is 628 g/mol. The summed E-state index contributed by atoms with van der Waals surface area (Å²) in [5, 5.41) is 16.9. The molecule has 0 aromatic heterocycles. The lowest BCUT2D eigenvalue weighted by molar-refractivity contribution is -0.139. The Hall–Kier alpha value is -2.11. The fourth-order valence-electron chi connectivity index (χ4n) is 8.01. The molecule has 0 bridgehead atoms. The fourth-order valence-corrected chi connectivity index (χ4v) is 8.01. The van der Waals surface area contributed by atoms with E-state index in [9.17, 15) is 19.5 Å². The zero-order chi connectivity index (χ0) is 32.6. The van der Waals surface area contributed by atoms with Crippen molar-refractivity contribution >= 4 is 17.7 Å². The predicted octanol–water partition coefficient (Wildman–Crippen LogP) is 5.83. The molecule has 0 heterocycles. The van der Waals surface area contributed by atoms with Crippen LogP contribution in [0.1, 0.15) is 137 Å². The van der Waals surface area contributed by atoms with E-state index in [1.54, 1.807) is 0 Å². The lowest BCUT2D eigenvalue weighted by atomic mass is 9.74. The quantitative estimate of drug-likeness (QED) is 0.148. The lowest BCUT2D eigenvalue weighted by Gasteiger charge is -2.37. The maximum absolute atomic E-state index is 14.0. The molecule has 3 saturated carbocycles. The number of hydrogen-bond acceptors (Lipinski definition) is 5. The summed E-state index contributed by atoms with van der Waals surface area (Å²) in [4.78, 5) is 42.7. The van der Waals surface area contributed by atoms with Crippen molar-refractivity contribution in [3.05, 3.63) is 0 Å². The SMILES string of the molecule is CC#CC1CC(C(=O)NC(CC2CCCCC2)C(O)CN(CCC)NC(=O)C2CCCCC2)CC(C(=O)N(CCC)CCC)C1. The molecule has 3 N–H and O–H groups in total. The van der Waals surface area contributed by atoms with Crippen molar-refractivity contribution in [3.8, 4) is 11.8 Å². The molecule has 3 amide bonds. The van der Waals surface area contributed by atoms with E-state index in [1.807, 2.05) is 16.8 Å². The van der Waals surface area contributed by atoms with Gasteiger partial charge in [0.25, 0.3) is 0 Å².